The summed E-state index contributed by atoms with van der Waals surface area (Å²) < 4.78 is 56.6. The smallest absolute Gasteiger partial charge is 0.264 e. The molecule has 12 heteroatoms. The number of halogens is 2. The number of benzene rings is 4. The van der Waals surface area contributed by atoms with Crippen molar-refractivity contribution in [3.8, 4) is 0 Å². The van der Waals surface area contributed by atoms with Crippen LogP contribution in [0.3, 0.4) is 0 Å². The third-order valence-electron chi connectivity index (χ3n) is 5.26. The van der Waals surface area contributed by atoms with Crippen molar-refractivity contribution in [1.29, 1.82) is 0 Å². The van der Waals surface area contributed by atoms with Crippen LogP contribution in [0.1, 0.15) is 0 Å². The summed E-state index contributed by atoms with van der Waals surface area (Å²) in [7, 11) is -7.93. The van der Waals surface area contributed by atoms with Crippen molar-refractivity contribution >= 4 is 77.2 Å². The Morgan fingerprint density at radius 1 is 0.763 bits per heavy atom. The molecule has 8 nitrogen and oxygen atoms in total. The zero-order chi connectivity index (χ0) is 27.3. The molecule has 0 aromatic heterocycles. The summed E-state index contributed by atoms with van der Waals surface area (Å²) in [5, 5.41) is 3.02. The number of nitrogens with zero attached hydrogens (tertiary/aromatic N) is 1. The maximum Gasteiger partial charge on any atom is 0.264 e. The Morgan fingerprint density at radius 3 is 2.05 bits per heavy atom. The highest BCUT2D eigenvalue weighted by Gasteiger charge is 2.27. The van der Waals surface area contributed by atoms with Crippen molar-refractivity contribution in [3.63, 3.8) is 0 Å². The fourth-order valence-electron chi connectivity index (χ4n) is 3.46. The second-order valence-corrected chi connectivity index (χ2v) is 13.2. The summed E-state index contributed by atoms with van der Waals surface area (Å²) in [5.74, 6) is -0.601. The highest BCUT2D eigenvalue weighted by Crippen LogP contribution is 2.25. The Hall–Kier alpha value is -3.13. The Morgan fingerprint density at radius 2 is 1.42 bits per heavy atom. The predicted molar refractivity (Wildman–Crippen MR) is 157 cm³/mol. The normalized spacial score (nSPS) is 11.5. The van der Waals surface area contributed by atoms with Gasteiger partial charge in [-0.05, 0) is 101 Å². The fourth-order valence-corrected chi connectivity index (χ4v) is 6.50. The molecule has 0 saturated heterocycles. The van der Waals surface area contributed by atoms with Crippen LogP contribution in [0.4, 0.5) is 17.1 Å². The molecular weight excluding hydrogens is 661 g/mol. The van der Waals surface area contributed by atoms with Gasteiger partial charge in [-0.2, -0.15) is 0 Å². The van der Waals surface area contributed by atoms with E-state index in [1.165, 1.54) is 42.5 Å². The minimum atomic E-state index is -4.04. The van der Waals surface area contributed by atoms with Crippen LogP contribution >= 0.6 is 34.2 Å². The van der Waals surface area contributed by atoms with Crippen molar-refractivity contribution in [2.45, 2.75) is 9.79 Å². The van der Waals surface area contributed by atoms with Gasteiger partial charge in [0.1, 0.15) is 6.54 Å². The van der Waals surface area contributed by atoms with Gasteiger partial charge in [-0.1, -0.05) is 35.9 Å². The van der Waals surface area contributed by atoms with Crippen molar-refractivity contribution in [2.75, 3.05) is 20.9 Å². The lowest BCUT2D eigenvalue weighted by Gasteiger charge is -2.24. The lowest BCUT2D eigenvalue weighted by molar-refractivity contribution is -0.114. The number of rotatable bonds is 9. The Kier molecular flexibility index (Phi) is 8.61. The maximum atomic E-state index is 13.4. The highest BCUT2D eigenvalue weighted by atomic mass is 127. The predicted octanol–water partition coefficient (Wildman–Crippen LogP) is 5.58. The van der Waals surface area contributed by atoms with Gasteiger partial charge >= 0.3 is 0 Å². The third-order valence-corrected chi connectivity index (χ3v) is 9.40. The number of carbonyl (C=O) groups excluding carboxylic acids is 1. The van der Waals surface area contributed by atoms with Gasteiger partial charge in [-0.15, -0.1) is 0 Å². The van der Waals surface area contributed by atoms with E-state index in [1.54, 1.807) is 60.7 Å². The quantitative estimate of drug-likeness (QED) is 0.224. The summed E-state index contributed by atoms with van der Waals surface area (Å²) >= 11 is 8.03. The average molecular weight is 682 g/mol. The molecule has 0 fully saturated rings. The molecule has 0 unspecified atom stereocenters. The fraction of sp³-hybridized carbons (Fsp3) is 0.0385. The van der Waals surface area contributed by atoms with E-state index >= 15 is 0 Å². The Labute approximate surface area is 239 Å². The van der Waals surface area contributed by atoms with Crippen molar-refractivity contribution in [1.82, 2.24) is 0 Å². The van der Waals surface area contributed by atoms with E-state index in [-0.39, 0.29) is 9.79 Å². The lowest BCUT2D eigenvalue weighted by Crippen LogP contribution is -2.38. The molecule has 4 aromatic rings. The monoisotopic (exact) mass is 681 g/mol. The second-order valence-electron chi connectivity index (χ2n) is 7.99. The van der Waals surface area contributed by atoms with Gasteiger partial charge in [0, 0.05) is 14.3 Å². The first kappa shape index (κ1) is 27.9. The molecule has 0 spiro atoms. The summed E-state index contributed by atoms with van der Waals surface area (Å²) in [6, 6.07) is 26.4. The van der Waals surface area contributed by atoms with E-state index in [9.17, 15) is 21.6 Å². The van der Waals surface area contributed by atoms with Crippen LogP contribution in [0.2, 0.25) is 5.02 Å². The van der Waals surface area contributed by atoms with Crippen LogP contribution in [0, 0.1) is 3.57 Å². The Balaban J connectivity index is 1.52. The first-order valence-electron chi connectivity index (χ1n) is 11.1. The number of nitrogens with one attached hydrogen (secondary N) is 2. The van der Waals surface area contributed by atoms with Gasteiger partial charge < -0.3 is 5.32 Å². The first-order chi connectivity index (χ1) is 18.0. The first-order valence-corrected chi connectivity index (χ1v) is 15.4. The van der Waals surface area contributed by atoms with E-state index in [0.29, 0.717) is 22.1 Å². The topological polar surface area (TPSA) is 113 Å². The van der Waals surface area contributed by atoms with Gasteiger partial charge in [0.25, 0.3) is 20.0 Å². The van der Waals surface area contributed by atoms with Crippen LogP contribution < -0.4 is 14.3 Å². The van der Waals surface area contributed by atoms with E-state index < -0.39 is 32.5 Å². The minimum absolute atomic E-state index is 0.0253. The van der Waals surface area contributed by atoms with Crippen LogP contribution in [0.5, 0.6) is 0 Å². The van der Waals surface area contributed by atoms with Gasteiger partial charge in [0.15, 0.2) is 0 Å². The number of anilines is 3. The van der Waals surface area contributed by atoms with E-state index in [4.69, 9.17) is 11.6 Å². The van der Waals surface area contributed by atoms with Crippen LogP contribution in [-0.4, -0.2) is 29.3 Å². The molecule has 4 aromatic carbocycles. The minimum Gasteiger partial charge on any atom is -0.325 e. The average Bonchev–Trinajstić information content (AvgIpc) is 2.88. The van der Waals surface area contributed by atoms with E-state index in [1.807, 2.05) is 0 Å². The van der Waals surface area contributed by atoms with Gasteiger partial charge in [0.05, 0.1) is 21.2 Å². The summed E-state index contributed by atoms with van der Waals surface area (Å²) in [5.41, 5.74) is 0.944. The summed E-state index contributed by atoms with van der Waals surface area (Å²) in [6.07, 6.45) is 0. The molecule has 0 bridgehead atoms. The van der Waals surface area contributed by atoms with Crippen molar-refractivity contribution in [3.05, 3.63) is 112 Å². The molecular formula is C26H21ClIN3O5S2. The second kappa shape index (κ2) is 11.7. The van der Waals surface area contributed by atoms with Crippen molar-refractivity contribution in [2.24, 2.45) is 0 Å². The largest absolute Gasteiger partial charge is 0.325 e. The van der Waals surface area contributed by atoms with Crippen LogP contribution in [0.25, 0.3) is 0 Å². The molecule has 2 N–H and O–H groups in total. The van der Waals surface area contributed by atoms with Crippen molar-refractivity contribution < 1.29 is 21.6 Å². The molecule has 0 aliphatic carbocycles. The number of sulfonamides is 2. The summed E-state index contributed by atoms with van der Waals surface area (Å²) in [6.45, 7) is -0.492. The molecule has 196 valence electrons. The highest BCUT2D eigenvalue weighted by molar-refractivity contribution is 14.1. The lowest BCUT2D eigenvalue weighted by atomic mass is 10.3. The Bertz CT molecular complexity index is 1650. The molecule has 0 aliphatic heterocycles. The van der Waals surface area contributed by atoms with E-state index in [2.05, 4.69) is 32.6 Å². The zero-order valence-electron chi connectivity index (χ0n) is 19.6. The van der Waals surface area contributed by atoms with Crippen LogP contribution in [0.15, 0.2) is 113 Å². The third kappa shape index (κ3) is 6.84. The van der Waals surface area contributed by atoms with Gasteiger partial charge in [0.2, 0.25) is 5.91 Å². The molecule has 0 aliphatic rings. The van der Waals surface area contributed by atoms with E-state index in [0.717, 1.165) is 7.88 Å². The SMILES string of the molecule is O=C(CN(c1ccc(I)cc1)S(=O)(=O)c1ccccc1)Nc1ccc(S(=O)(=O)Nc2cccc(Cl)c2)cc1. The summed E-state index contributed by atoms with van der Waals surface area (Å²) in [4.78, 5) is 13.0. The number of hydrogen-bond donors (Lipinski definition) is 2. The standard InChI is InChI=1S/C26H21ClIN3O5S2/c27-19-5-4-6-22(17-19)30-37(33,34)24-15-11-21(12-16-24)29-26(32)18-31(23-13-9-20(28)10-14-23)38(35,36)25-7-2-1-3-8-25/h1-17,30H,18H2,(H,29,32). The van der Waals surface area contributed by atoms with Crippen LogP contribution in [-0.2, 0) is 24.8 Å². The van der Waals surface area contributed by atoms with Gasteiger partial charge in [-0.3, -0.25) is 13.8 Å². The molecule has 1 amide bonds. The molecule has 4 rings (SSSR count). The molecule has 0 saturated carbocycles. The molecule has 0 atom stereocenters. The maximum absolute atomic E-state index is 13.4. The zero-order valence-corrected chi connectivity index (χ0v) is 24.1. The van der Waals surface area contributed by atoms with Gasteiger partial charge in [-0.25, -0.2) is 16.8 Å². The molecule has 0 heterocycles. The number of hydrogen-bond acceptors (Lipinski definition) is 5. The number of amides is 1. The molecule has 0 radical (unpaired) electrons. The molecule has 38 heavy (non-hydrogen) atoms. The number of carbonyl (C=O) groups is 1.